The minimum absolute atomic E-state index is 0.0775. The zero-order valence-corrected chi connectivity index (χ0v) is 14.8. The summed E-state index contributed by atoms with van der Waals surface area (Å²) in [7, 11) is 0. The van der Waals surface area contributed by atoms with Gasteiger partial charge in [0.05, 0.1) is 4.87 Å². The van der Waals surface area contributed by atoms with Crippen LogP contribution in [0.15, 0.2) is 22.6 Å². The van der Waals surface area contributed by atoms with Crippen LogP contribution in [0, 0.1) is 0 Å². The smallest absolute Gasteiger partial charge is 0.248 e. The number of benzene rings is 1. The van der Waals surface area contributed by atoms with Crippen molar-refractivity contribution in [2.45, 2.75) is 49.4 Å². The molecule has 0 radical (unpaired) electrons. The number of hydrogen-bond donors (Lipinski definition) is 1. The van der Waals surface area contributed by atoms with Crippen LogP contribution in [0.25, 0.3) is 11.1 Å². The van der Waals surface area contributed by atoms with Gasteiger partial charge < -0.3 is 14.6 Å². The molecule has 2 aliphatic heterocycles. The summed E-state index contributed by atoms with van der Waals surface area (Å²) < 4.78 is 5.76. The molecule has 25 heavy (non-hydrogen) atoms. The number of fused-ring (bicyclic) bond motifs is 2. The molecule has 3 heterocycles. The third-order valence-electron chi connectivity index (χ3n) is 5.35. The maximum atomic E-state index is 12.7. The topological polar surface area (TPSA) is 75.4 Å². The van der Waals surface area contributed by atoms with Gasteiger partial charge in [-0.15, -0.1) is 11.8 Å². The van der Waals surface area contributed by atoms with E-state index in [0.717, 1.165) is 36.3 Å². The zero-order chi connectivity index (χ0) is 17.2. The normalized spacial score (nSPS) is 28.6. The fourth-order valence-corrected chi connectivity index (χ4v) is 5.20. The van der Waals surface area contributed by atoms with Crippen molar-refractivity contribution < 1.29 is 14.0 Å². The van der Waals surface area contributed by atoms with E-state index in [4.69, 9.17) is 4.42 Å². The number of carbonyl (C=O) groups excluding carboxylic acids is 2. The number of aromatic nitrogens is 1. The van der Waals surface area contributed by atoms with Crippen molar-refractivity contribution in [3.8, 4) is 0 Å². The second-order valence-corrected chi connectivity index (χ2v) is 8.77. The summed E-state index contributed by atoms with van der Waals surface area (Å²) >= 11 is 1.70. The van der Waals surface area contributed by atoms with Crippen LogP contribution < -0.4 is 5.32 Å². The molecular formula is C18H19N3O3S. The van der Waals surface area contributed by atoms with E-state index in [1.54, 1.807) is 16.7 Å². The molecule has 7 heteroatoms. The maximum absolute atomic E-state index is 12.7. The highest BCUT2D eigenvalue weighted by Gasteiger charge is 2.52. The van der Waals surface area contributed by atoms with E-state index in [9.17, 15) is 9.59 Å². The second kappa shape index (κ2) is 5.24. The number of carbonyl (C=O) groups is 2. The van der Waals surface area contributed by atoms with Gasteiger partial charge in [0.15, 0.2) is 11.5 Å². The molecule has 2 amide bonds. The Kier molecular flexibility index (Phi) is 3.20. The molecule has 3 fully saturated rings. The van der Waals surface area contributed by atoms with E-state index < -0.39 is 6.04 Å². The third kappa shape index (κ3) is 2.44. The SMILES string of the molecule is C[C@]12CCC(=O)N1[C@H](C(=O)Nc1ccc3oc(C4CC4)nc3c1)CS2. The Morgan fingerprint density at radius 1 is 1.44 bits per heavy atom. The zero-order valence-electron chi connectivity index (χ0n) is 13.9. The highest BCUT2D eigenvalue weighted by molar-refractivity contribution is 8.01. The fraction of sp³-hybridized carbons (Fsp3) is 0.500. The second-order valence-electron chi connectivity index (χ2n) is 7.26. The molecule has 0 bridgehead atoms. The van der Waals surface area contributed by atoms with Gasteiger partial charge in [-0.05, 0) is 44.4 Å². The molecule has 6 nitrogen and oxygen atoms in total. The van der Waals surface area contributed by atoms with Crippen molar-refractivity contribution >= 4 is 40.4 Å². The number of amides is 2. The Morgan fingerprint density at radius 2 is 2.28 bits per heavy atom. The van der Waals surface area contributed by atoms with Gasteiger partial charge in [-0.1, -0.05) is 0 Å². The highest BCUT2D eigenvalue weighted by atomic mass is 32.2. The molecule has 1 aliphatic carbocycles. The van der Waals surface area contributed by atoms with Crippen LogP contribution in [-0.2, 0) is 9.59 Å². The van der Waals surface area contributed by atoms with Gasteiger partial charge >= 0.3 is 0 Å². The van der Waals surface area contributed by atoms with E-state index in [1.807, 2.05) is 18.2 Å². The molecule has 1 aromatic carbocycles. The number of nitrogens with zero attached hydrogens (tertiary/aromatic N) is 2. The molecule has 1 aromatic heterocycles. The van der Waals surface area contributed by atoms with E-state index in [-0.39, 0.29) is 16.7 Å². The van der Waals surface area contributed by atoms with Crippen LogP contribution in [0.3, 0.4) is 0 Å². The van der Waals surface area contributed by atoms with Gasteiger partial charge in [0.25, 0.3) is 0 Å². The van der Waals surface area contributed by atoms with Gasteiger partial charge in [0.1, 0.15) is 11.6 Å². The third-order valence-corrected chi connectivity index (χ3v) is 6.85. The monoisotopic (exact) mass is 357 g/mol. The van der Waals surface area contributed by atoms with Crippen LogP contribution in [0.5, 0.6) is 0 Å². The first-order chi connectivity index (χ1) is 12.0. The van der Waals surface area contributed by atoms with Gasteiger partial charge in [0, 0.05) is 23.8 Å². The van der Waals surface area contributed by atoms with Crippen molar-refractivity contribution in [2.24, 2.45) is 0 Å². The molecule has 5 rings (SSSR count). The van der Waals surface area contributed by atoms with E-state index in [2.05, 4.69) is 17.2 Å². The van der Waals surface area contributed by atoms with Crippen LogP contribution in [0.1, 0.15) is 44.4 Å². The van der Waals surface area contributed by atoms with Crippen LogP contribution in [-0.4, -0.2) is 38.4 Å². The first-order valence-corrected chi connectivity index (χ1v) is 9.69. The summed E-state index contributed by atoms with van der Waals surface area (Å²) in [5.41, 5.74) is 2.21. The largest absolute Gasteiger partial charge is 0.440 e. The van der Waals surface area contributed by atoms with E-state index >= 15 is 0 Å². The van der Waals surface area contributed by atoms with E-state index in [0.29, 0.717) is 23.8 Å². The lowest BCUT2D eigenvalue weighted by Gasteiger charge is -2.29. The number of nitrogens with one attached hydrogen (secondary N) is 1. The number of anilines is 1. The number of rotatable bonds is 3. The first-order valence-electron chi connectivity index (χ1n) is 8.71. The van der Waals surface area contributed by atoms with Crippen molar-refractivity contribution in [3.05, 3.63) is 24.1 Å². The van der Waals surface area contributed by atoms with Gasteiger partial charge in [-0.3, -0.25) is 9.59 Å². The predicted octanol–water partition coefficient (Wildman–Crippen LogP) is 3.10. The number of thioether (sulfide) groups is 1. The Bertz CT molecular complexity index is 891. The average molecular weight is 357 g/mol. The van der Waals surface area contributed by atoms with E-state index in [1.165, 1.54) is 0 Å². The Balaban J connectivity index is 1.37. The van der Waals surface area contributed by atoms with Crippen LogP contribution >= 0.6 is 11.8 Å². The number of hydrogen-bond acceptors (Lipinski definition) is 5. The number of oxazole rings is 1. The molecule has 1 saturated carbocycles. The molecule has 2 atom stereocenters. The molecular weight excluding hydrogens is 338 g/mol. The lowest BCUT2D eigenvalue weighted by Crippen LogP contribution is -2.48. The highest BCUT2D eigenvalue weighted by Crippen LogP contribution is 2.47. The standard InChI is InChI=1S/C18H19N3O3S/c1-18-7-6-15(22)21(18)13(9-25-18)16(23)19-11-4-5-14-12(8-11)20-17(24-14)10-2-3-10/h4-5,8,10,13H,2-3,6-7,9H2,1H3,(H,19,23)/t13-,18-/m0/s1. The minimum atomic E-state index is -0.403. The Morgan fingerprint density at radius 3 is 3.08 bits per heavy atom. The molecule has 2 aromatic rings. The van der Waals surface area contributed by atoms with Crippen LogP contribution in [0.2, 0.25) is 0 Å². The summed E-state index contributed by atoms with van der Waals surface area (Å²) in [6.45, 7) is 2.05. The Labute approximate surface area is 149 Å². The molecule has 130 valence electrons. The molecule has 3 aliphatic rings. The molecule has 0 spiro atoms. The van der Waals surface area contributed by atoms with Crippen molar-refractivity contribution in [1.82, 2.24) is 9.88 Å². The molecule has 1 N–H and O–H groups in total. The average Bonchev–Trinajstić information content (AvgIpc) is 3.16. The minimum Gasteiger partial charge on any atom is -0.440 e. The Hall–Kier alpha value is -2.02. The summed E-state index contributed by atoms with van der Waals surface area (Å²) in [5.74, 6) is 1.85. The lowest BCUT2D eigenvalue weighted by molar-refractivity contribution is -0.135. The predicted molar refractivity (Wildman–Crippen MR) is 95.3 cm³/mol. The quantitative estimate of drug-likeness (QED) is 0.913. The summed E-state index contributed by atoms with van der Waals surface area (Å²) in [6, 6.07) is 5.11. The lowest BCUT2D eigenvalue weighted by atomic mass is 10.2. The summed E-state index contributed by atoms with van der Waals surface area (Å²) in [6.07, 6.45) is 3.62. The van der Waals surface area contributed by atoms with Gasteiger partial charge in [0.2, 0.25) is 11.8 Å². The summed E-state index contributed by atoms with van der Waals surface area (Å²) in [4.78, 5) is 31.0. The fourth-order valence-electron chi connectivity index (χ4n) is 3.77. The van der Waals surface area contributed by atoms with Crippen molar-refractivity contribution in [1.29, 1.82) is 0 Å². The molecule has 0 unspecified atom stereocenters. The first kappa shape index (κ1) is 15.3. The van der Waals surface area contributed by atoms with Gasteiger partial charge in [-0.2, -0.15) is 0 Å². The maximum Gasteiger partial charge on any atom is 0.248 e. The van der Waals surface area contributed by atoms with Crippen molar-refractivity contribution in [3.63, 3.8) is 0 Å². The molecule has 2 saturated heterocycles. The van der Waals surface area contributed by atoms with Gasteiger partial charge in [-0.25, -0.2) is 4.98 Å². The van der Waals surface area contributed by atoms with Crippen LogP contribution in [0.4, 0.5) is 5.69 Å². The van der Waals surface area contributed by atoms with Crippen molar-refractivity contribution in [2.75, 3.05) is 11.1 Å². The summed E-state index contributed by atoms with van der Waals surface area (Å²) in [5, 5.41) is 2.95.